The Kier molecular flexibility index (Phi) is 3.06. The van der Waals surface area contributed by atoms with Gasteiger partial charge in [0.1, 0.15) is 5.82 Å². The molecule has 1 saturated carbocycles. The smallest absolute Gasteiger partial charge is 0.229 e. The molecule has 3 rings (SSSR count). The third-order valence-corrected chi connectivity index (χ3v) is 5.36. The minimum Gasteiger partial charge on any atom is -0.316 e. The first-order valence-corrected chi connectivity index (χ1v) is 8.75. The minimum atomic E-state index is -3.39. The Balaban J connectivity index is 1.98. The van der Waals surface area contributed by atoms with Gasteiger partial charge in [-0.05, 0) is 55.1 Å². The van der Waals surface area contributed by atoms with Crippen molar-refractivity contribution in [2.45, 2.75) is 18.8 Å². The van der Waals surface area contributed by atoms with Gasteiger partial charge in [0.25, 0.3) is 0 Å². The van der Waals surface area contributed by atoms with E-state index in [9.17, 15) is 12.8 Å². The number of anilines is 1. The molecule has 2 unspecified atom stereocenters. The van der Waals surface area contributed by atoms with Crippen molar-refractivity contribution in [3.63, 3.8) is 0 Å². The number of benzene rings is 1. The molecule has 0 amide bonds. The first-order valence-electron chi connectivity index (χ1n) is 6.86. The van der Waals surface area contributed by atoms with Crippen LogP contribution in [-0.2, 0) is 15.4 Å². The largest absolute Gasteiger partial charge is 0.316 e. The van der Waals surface area contributed by atoms with Crippen molar-refractivity contribution in [1.29, 1.82) is 0 Å². The molecule has 0 bridgehead atoms. The van der Waals surface area contributed by atoms with E-state index in [-0.39, 0.29) is 11.2 Å². The Labute approximate surface area is 118 Å². The van der Waals surface area contributed by atoms with Crippen molar-refractivity contribution >= 4 is 15.7 Å². The maximum absolute atomic E-state index is 13.8. The zero-order valence-electron chi connectivity index (χ0n) is 11.6. The van der Waals surface area contributed by atoms with E-state index < -0.39 is 10.0 Å². The van der Waals surface area contributed by atoms with E-state index in [0.717, 1.165) is 31.3 Å². The summed E-state index contributed by atoms with van der Waals surface area (Å²) < 4.78 is 38.8. The lowest BCUT2D eigenvalue weighted by atomic mass is 9.87. The molecule has 6 heteroatoms. The zero-order chi connectivity index (χ0) is 14.5. The summed E-state index contributed by atoms with van der Waals surface area (Å²) >= 11 is 0. The van der Waals surface area contributed by atoms with Crippen LogP contribution in [0.3, 0.4) is 0 Å². The van der Waals surface area contributed by atoms with E-state index in [1.165, 1.54) is 6.07 Å². The van der Waals surface area contributed by atoms with Gasteiger partial charge < -0.3 is 5.32 Å². The lowest BCUT2D eigenvalue weighted by Crippen LogP contribution is -2.25. The fraction of sp³-hybridized carbons (Fsp3) is 0.571. The van der Waals surface area contributed by atoms with Crippen molar-refractivity contribution in [1.82, 2.24) is 5.32 Å². The Hall–Kier alpha value is -1.14. The van der Waals surface area contributed by atoms with Gasteiger partial charge in [0, 0.05) is 5.41 Å². The minimum absolute atomic E-state index is 0.0152. The van der Waals surface area contributed by atoms with Gasteiger partial charge in [-0.15, -0.1) is 0 Å². The molecule has 2 N–H and O–H groups in total. The number of nitrogens with one attached hydrogen (secondary N) is 2. The predicted molar refractivity (Wildman–Crippen MR) is 76.7 cm³/mol. The van der Waals surface area contributed by atoms with Crippen molar-refractivity contribution in [2.75, 3.05) is 24.1 Å². The number of halogens is 1. The highest BCUT2D eigenvalue weighted by Crippen LogP contribution is 2.63. The molecule has 0 spiro atoms. The van der Waals surface area contributed by atoms with Crippen LogP contribution in [0.4, 0.5) is 10.1 Å². The van der Waals surface area contributed by atoms with Crippen LogP contribution in [-0.4, -0.2) is 27.8 Å². The van der Waals surface area contributed by atoms with Crippen LogP contribution in [0.15, 0.2) is 18.2 Å². The average Bonchev–Trinajstić information content (AvgIpc) is 2.69. The van der Waals surface area contributed by atoms with Gasteiger partial charge in [-0.2, -0.15) is 0 Å². The highest BCUT2D eigenvalue weighted by atomic mass is 32.2. The monoisotopic (exact) mass is 298 g/mol. The maximum Gasteiger partial charge on any atom is 0.229 e. The fourth-order valence-corrected chi connectivity index (χ4v) is 4.48. The molecular weight excluding hydrogens is 279 g/mol. The van der Waals surface area contributed by atoms with E-state index in [2.05, 4.69) is 17.0 Å². The summed E-state index contributed by atoms with van der Waals surface area (Å²) in [5, 5.41) is 3.34. The zero-order valence-corrected chi connectivity index (χ0v) is 12.4. The van der Waals surface area contributed by atoms with Gasteiger partial charge in [0.05, 0.1) is 11.9 Å². The van der Waals surface area contributed by atoms with E-state index in [1.54, 1.807) is 12.1 Å². The lowest BCUT2D eigenvalue weighted by molar-refractivity contribution is 0.498. The molecule has 4 nitrogen and oxygen atoms in total. The summed E-state index contributed by atoms with van der Waals surface area (Å²) in [6, 6.07) is 4.56. The summed E-state index contributed by atoms with van der Waals surface area (Å²) in [5.41, 5.74) is 1.25. The van der Waals surface area contributed by atoms with Gasteiger partial charge in [-0.1, -0.05) is 6.92 Å². The van der Waals surface area contributed by atoms with Crippen LogP contribution in [0.2, 0.25) is 0 Å². The molecule has 1 aliphatic heterocycles. The summed E-state index contributed by atoms with van der Waals surface area (Å²) in [5.74, 6) is 0.695. The number of rotatable bonds is 4. The van der Waals surface area contributed by atoms with Crippen molar-refractivity contribution in [3.05, 3.63) is 29.6 Å². The highest BCUT2D eigenvalue weighted by Gasteiger charge is 2.65. The van der Waals surface area contributed by atoms with Gasteiger partial charge in [-0.3, -0.25) is 4.72 Å². The molecule has 2 atom stereocenters. The quantitative estimate of drug-likeness (QED) is 0.889. The Bertz CT molecular complexity index is 635. The summed E-state index contributed by atoms with van der Waals surface area (Å²) in [6.45, 7) is 4.04. The van der Waals surface area contributed by atoms with Crippen LogP contribution in [0.25, 0.3) is 0 Å². The number of hydrogen-bond donors (Lipinski definition) is 2. The Morgan fingerprint density at radius 3 is 2.55 bits per heavy atom. The second kappa shape index (κ2) is 4.43. The summed E-state index contributed by atoms with van der Waals surface area (Å²) in [4.78, 5) is 0. The third-order valence-electron chi connectivity index (χ3n) is 4.75. The first kappa shape index (κ1) is 13.8. The molecule has 1 heterocycles. The van der Waals surface area contributed by atoms with Gasteiger partial charge in [0.2, 0.25) is 10.0 Å². The van der Waals surface area contributed by atoms with E-state index in [0.29, 0.717) is 17.5 Å². The number of fused-ring (bicyclic) bond motifs is 1. The number of piperidine rings is 1. The molecular formula is C14H19FN2O2S. The molecule has 2 fully saturated rings. The van der Waals surface area contributed by atoms with Crippen LogP contribution in [0.5, 0.6) is 0 Å². The fourth-order valence-electron chi connectivity index (χ4n) is 3.94. The second-order valence-corrected chi connectivity index (χ2v) is 7.62. The topological polar surface area (TPSA) is 58.2 Å². The average molecular weight is 298 g/mol. The predicted octanol–water partition coefficient (Wildman–Crippen LogP) is 1.69. The third kappa shape index (κ3) is 2.11. The van der Waals surface area contributed by atoms with Gasteiger partial charge in [-0.25, -0.2) is 12.8 Å². The van der Waals surface area contributed by atoms with Gasteiger partial charge in [0.15, 0.2) is 0 Å². The molecule has 1 aliphatic carbocycles. The van der Waals surface area contributed by atoms with Crippen molar-refractivity contribution in [2.24, 2.45) is 11.8 Å². The van der Waals surface area contributed by atoms with Crippen molar-refractivity contribution < 1.29 is 12.8 Å². The van der Waals surface area contributed by atoms with Crippen LogP contribution < -0.4 is 10.0 Å². The molecule has 0 aromatic heterocycles. The molecule has 0 radical (unpaired) electrons. The standard InChI is InChI=1S/C14H19FN2O2S/c1-3-14(12-7-16-8-13(12)14)9-4-10(15)6-11(5-9)17-20(2,18)19/h4-6,12-13,16-17H,3,7-8H2,1-2H3. The lowest BCUT2D eigenvalue weighted by Gasteiger charge is -2.21. The SMILES string of the molecule is CCC1(c2cc(F)cc(NS(C)(=O)=O)c2)C2CNCC21. The summed E-state index contributed by atoms with van der Waals surface area (Å²) in [7, 11) is -3.39. The number of sulfonamides is 1. The second-order valence-electron chi connectivity index (χ2n) is 5.87. The van der Waals surface area contributed by atoms with E-state index in [1.807, 2.05) is 0 Å². The molecule has 1 saturated heterocycles. The molecule has 110 valence electrons. The molecule has 2 aliphatic rings. The molecule has 1 aromatic rings. The van der Waals surface area contributed by atoms with E-state index >= 15 is 0 Å². The Morgan fingerprint density at radius 1 is 1.35 bits per heavy atom. The van der Waals surface area contributed by atoms with Gasteiger partial charge >= 0.3 is 0 Å². The van der Waals surface area contributed by atoms with Crippen LogP contribution in [0.1, 0.15) is 18.9 Å². The molecule has 20 heavy (non-hydrogen) atoms. The maximum atomic E-state index is 13.8. The van der Waals surface area contributed by atoms with Crippen LogP contribution in [0, 0.1) is 17.7 Å². The number of hydrogen-bond acceptors (Lipinski definition) is 3. The Morgan fingerprint density at radius 2 is 2.00 bits per heavy atom. The normalized spacial score (nSPS) is 31.9. The first-order chi connectivity index (χ1) is 9.37. The summed E-state index contributed by atoms with van der Waals surface area (Å²) in [6.07, 6.45) is 2.02. The van der Waals surface area contributed by atoms with Crippen LogP contribution >= 0.6 is 0 Å². The highest BCUT2D eigenvalue weighted by molar-refractivity contribution is 7.92. The molecule has 1 aromatic carbocycles. The van der Waals surface area contributed by atoms with Crippen molar-refractivity contribution in [3.8, 4) is 0 Å². The van der Waals surface area contributed by atoms with E-state index in [4.69, 9.17) is 0 Å².